The Balaban J connectivity index is 1.27. The normalized spacial score (nSPS) is 17.6. The molecule has 0 bridgehead atoms. The van der Waals surface area contributed by atoms with Crippen LogP contribution < -0.4 is 15.2 Å². The van der Waals surface area contributed by atoms with E-state index in [2.05, 4.69) is 37.8 Å². The Hall–Kier alpha value is -3.24. The van der Waals surface area contributed by atoms with Crippen molar-refractivity contribution in [2.45, 2.75) is 38.3 Å². The minimum Gasteiger partial charge on any atom is -0.463 e. The predicted molar refractivity (Wildman–Crippen MR) is 129 cm³/mol. The lowest BCUT2D eigenvalue weighted by Gasteiger charge is -2.31. The highest BCUT2D eigenvalue weighted by molar-refractivity contribution is 7.09. The zero-order chi connectivity index (χ0) is 22.6. The number of hydrogen-bond donors (Lipinski definition) is 1. The van der Waals surface area contributed by atoms with E-state index in [0.717, 1.165) is 54.8 Å². The SMILES string of the molecule is CCc1cnc(N2CCC(c3nc(C(Oc4ccccc4)N4C=NN(C)N4)cs3)CC2)nc1. The van der Waals surface area contributed by atoms with Gasteiger partial charge in [-0.25, -0.2) is 25.1 Å². The summed E-state index contributed by atoms with van der Waals surface area (Å²) in [5, 5.41) is 11.0. The van der Waals surface area contributed by atoms with Gasteiger partial charge in [0.25, 0.3) is 0 Å². The van der Waals surface area contributed by atoms with Crippen LogP contribution in [0.3, 0.4) is 0 Å². The van der Waals surface area contributed by atoms with Crippen LogP contribution in [0.15, 0.2) is 53.2 Å². The van der Waals surface area contributed by atoms with Gasteiger partial charge >= 0.3 is 0 Å². The Morgan fingerprint density at radius 2 is 1.91 bits per heavy atom. The molecule has 0 aliphatic carbocycles. The minimum absolute atomic E-state index is 0.420. The van der Waals surface area contributed by atoms with Crippen molar-refractivity contribution in [2.75, 3.05) is 25.0 Å². The van der Waals surface area contributed by atoms with Crippen LogP contribution in [-0.2, 0) is 6.42 Å². The number of benzene rings is 1. The van der Waals surface area contributed by atoms with Gasteiger partial charge in [0.2, 0.25) is 12.2 Å². The van der Waals surface area contributed by atoms with E-state index >= 15 is 0 Å². The molecule has 4 heterocycles. The number of para-hydroxylation sites is 1. The molecule has 0 amide bonds. The summed E-state index contributed by atoms with van der Waals surface area (Å²) >= 11 is 1.70. The van der Waals surface area contributed by atoms with Crippen LogP contribution in [0.25, 0.3) is 0 Å². The number of thiazole rings is 1. The maximum absolute atomic E-state index is 6.29. The zero-order valence-corrected chi connectivity index (χ0v) is 19.6. The smallest absolute Gasteiger partial charge is 0.232 e. The molecule has 1 aromatic carbocycles. The summed E-state index contributed by atoms with van der Waals surface area (Å²) in [7, 11) is 1.84. The topological polar surface area (TPSA) is 82.0 Å². The molecule has 2 aliphatic rings. The molecule has 0 spiro atoms. The molecule has 10 heteroatoms. The highest BCUT2D eigenvalue weighted by Crippen LogP contribution is 2.34. The minimum atomic E-state index is -0.420. The van der Waals surface area contributed by atoms with Gasteiger partial charge in [-0.2, -0.15) is 0 Å². The van der Waals surface area contributed by atoms with Crippen molar-refractivity contribution < 1.29 is 4.74 Å². The number of hydrogen-bond acceptors (Lipinski definition) is 10. The van der Waals surface area contributed by atoms with Gasteiger partial charge in [-0.05, 0) is 37.0 Å². The van der Waals surface area contributed by atoms with Crippen molar-refractivity contribution in [1.29, 1.82) is 0 Å². The average molecular weight is 465 g/mol. The van der Waals surface area contributed by atoms with Crippen LogP contribution in [0, 0.1) is 0 Å². The summed E-state index contributed by atoms with van der Waals surface area (Å²) < 4.78 is 6.29. The number of aryl methyl sites for hydroxylation is 1. The van der Waals surface area contributed by atoms with Crippen LogP contribution in [0.1, 0.15) is 48.2 Å². The fraction of sp³-hybridized carbons (Fsp3) is 0.391. The Morgan fingerprint density at radius 3 is 2.58 bits per heavy atom. The fourth-order valence-corrected chi connectivity index (χ4v) is 4.97. The highest BCUT2D eigenvalue weighted by Gasteiger charge is 2.29. The first-order valence-electron chi connectivity index (χ1n) is 11.2. The molecule has 33 heavy (non-hydrogen) atoms. The van der Waals surface area contributed by atoms with Crippen LogP contribution in [0.4, 0.5) is 5.95 Å². The summed E-state index contributed by atoms with van der Waals surface area (Å²) in [6.07, 6.45) is 8.18. The van der Waals surface area contributed by atoms with Gasteiger partial charge in [-0.3, -0.25) is 0 Å². The zero-order valence-electron chi connectivity index (χ0n) is 18.8. The predicted octanol–water partition coefficient (Wildman–Crippen LogP) is 3.57. The van der Waals surface area contributed by atoms with E-state index in [1.807, 2.05) is 54.8 Å². The van der Waals surface area contributed by atoms with Crippen LogP contribution in [0.2, 0.25) is 0 Å². The number of anilines is 1. The Morgan fingerprint density at radius 1 is 1.15 bits per heavy atom. The lowest BCUT2D eigenvalue weighted by molar-refractivity contribution is 0.00262. The summed E-state index contributed by atoms with van der Waals surface area (Å²) in [5.74, 6) is 2.03. The molecular formula is C23H28N8OS. The van der Waals surface area contributed by atoms with Crippen LogP contribution in [-0.4, -0.2) is 51.6 Å². The number of piperidine rings is 1. The number of aromatic nitrogens is 3. The number of rotatable bonds is 7. The van der Waals surface area contributed by atoms with Crippen molar-refractivity contribution >= 4 is 23.6 Å². The Kier molecular flexibility index (Phi) is 6.36. The maximum atomic E-state index is 6.29. The van der Waals surface area contributed by atoms with Crippen LogP contribution in [0.5, 0.6) is 5.75 Å². The quantitative estimate of drug-likeness (QED) is 0.568. The van der Waals surface area contributed by atoms with Crippen molar-refractivity contribution in [3.63, 3.8) is 0 Å². The van der Waals surface area contributed by atoms with Gasteiger partial charge in [0, 0.05) is 43.8 Å². The molecule has 1 fully saturated rings. The largest absolute Gasteiger partial charge is 0.463 e. The van der Waals surface area contributed by atoms with Gasteiger partial charge in [-0.1, -0.05) is 25.1 Å². The van der Waals surface area contributed by atoms with Crippen LogP contribution >= 0.6 is 11.3 Å². The third kappa shape index (κ3) is 4.91. The second-order valence-electron chi connectivity index (χ2n) is 8.16. The molecule has 0 saturated carbocycles. The molecule has 172 valence electrons. The summed E-state index contributed by atoms with van der Waals surface area (Å²) in [4.78, 5) is 16.4. The van der Waals surface area contributed by atoms with E-state index in [1.54, 1.807) is 22.8 Å². The molecule has 1 unspecified atom stereocenters. The molecule has 1 saturated heterocycles. The number of nitrogens with one attached hydrogen (secondary N) is 1. The van der Waals surface area contributed by atoms with E-state index < -0.39 is 6.23 Å². The lowest BCUT2D eigenvalue weighted by atomic mass is 9.98. The molecule has 9 nitrogen and oxygen atoms in total. The van der Waals surface area contributed by atoms with Gasteiger partial charge in [0.05, 0.1) is 5.01 Å². The number of hydrazone groups is 1. The monoisotopic (exact) mass is 464 g/mol. The summed E-state index contributed by atoms with van der Waals surface area (Å²) in [5.41, 5.74) is 5.19. The molecule has 1 N–H and O–H groups in total. The third-order valence-electron chi connectivity index (χ3n) is 5.87. The third-order valence-corrected chi connectivity index (χ3v) is 6.90. The maximum Gasteiger partial charge on any atom is 0.232 e. The van der Waals surface area contributed by atoms with Crippen molar-refractivity contribution in [3.8, 4) is 5.75 Å². The van der Waals surface area contributed by atoms with E-state index in [4.69, 9.17) is 9.72 Å². The first-order chi connectivity index (χ1) is 16.2. The fourth-order valence-electron chi connectivity index (χ4n) is 3.97. The van der Waals surface area contributed by atoms with Gasteiger partial charge in [0.15, 0.2) is 0 Å². The van der Waals surface area contributed by atoms with E-state index in [0.29, 0.717) is 5.92 Å². The van der Waals surface area contributed by atoms with Gasteiger partial charge in [-0.15, -0.1) is 22.0 Å². The lowest BCUT2D eigenvalue weighted by Crippen LogP contribution is -2.43. The van der Waals surface area contributed by atoms with Crippen molar-refractivity contribution in [3.05, 3.63) is 64.4 Å². The Bertz CT molecular complexity index is 1070. The first kappa shape index (κ1) is 21.6. The van der Waals surface area contributed by atoms with Gasteiger partial charge < -0.3 is 9.64 Å². The summed E-state index contributed by atoms with van der Waals surface area (Å²) in [6.45, 7) is 3.98. The molecule has 1 atom stereocenters. The molecule has 2 aromatic heterocycles. The molecular weight excluding hydrogens is 436 g/mol. The number of hydrazine groups is 2. The van der Waals surface area contributed by atoms with Gasteiger partial charge in [0.1, 0.15) is 17.8 Å². The summed E-state index contributed by atoms with van der Waals surface area (Å²) in [6, 6.07) is 9.79. The average Bonchev–Trinajstić information content (AvgIpc) is 3.53. The molecule has 5 rings (SSSR count). The second-order valence-corrected chi connectivity index (χ2v) is 9.05. The number of nitrogens with zero attached hydrogens (tertiary/aromatic N) is 7. The second kappa shape index (κ2) is 9.72. The van der Waals surface area contributed by atoms with E-state index in [-0.39, 0.29) is 0 Å². The highest BCUT2D eigenvalue weighted by atomic mass is 32.1. The standard InChI is InChI=1S/C23H28N8OS/c1-3-17-13-24-23(25-14-17)30-11-9-18(10-12-30)21-27-20(15-33-21)22(31-16-26-29(2)28-31)32-19-7-5-4-6-8-19/h4-8,13-16,18,22,28H,3,9-12H2,1-2H3. The van der Waals surface area contributed by atoms with Crippen molar-refractivity contribution in [2.24, 2.45) is 5.10 Å². The van der Waals surface area contributed by atoms with E-state index in [9.17, 15) is 0 Å². The van der Waals surface area contributed by atoms with E-state index in [1.165, 1.54) is 5.56 Å². The molecule has 2 aliphatic heterocycles. The molecule has 3 aromatic rings. The number of ether oxygens (including phenoxy) is 1. The van der Waals surface area contributed by atoms with Crippen molar-refractivity contribution in [1.82, 2.24) is 30.6 Å². The molecule has 0 radical (unpaired) electrons. The Labute approximate surface area is 197 Å². The first-order valence-corrected chi connectivity index (χ1v) is 12.1.